The van der Waals surface area contributed by atoms with E-state index in [1.807, 2.05) is 0 Å². The maximum Gasteiger partial charge on any atom is 0.331 e. The quantitative estimate of drug-likeness (QED) is 0.604. The van der Waals surface area contributed by atoms with Gasteiger partial charge >= 0.3 is 11.9 Å². The van der Waals surface area contributed by atoms with Gasteiger partial charge in [-0.15, -0.1) is 0 Å². The molecule has 0 bridgehead atoms. The average molecular weight is 284 g/mol. The first-order valence-corrected chi connectivity index (χ1v) is 4.86. The van der Waals surface area contributed by atoms with Crippen molar-refractivity contribution in [2.24, 2.45) is 0 Å². The summed E-state index contributed by atoms with van der Waals surface area (Å²) in [7, 11) is 0. The number of allylic oxidation sites excluding steroid dienone is 2. The van der Waals surface area contributed by atoms with E-state index in [0.717, 1.165) is 11.1 Å². The first-order valence-electron chi connectivity index (χ1n) is 4.86. The molecule has 0 aromatic carbocycles. The van der Waals surface area contributed by atoms with E-state index < -0.39 is 11.9 Å². The van der Waals surface area contributed by atoms with Gasteiger partial charge in [-0.2, -0.15) is 0 Å². The zero-order valence-electron chi connectivity index (χ0n) is 11.1. The van der Waals surface area contributed by atoms with Crippen molar-refractivity contribution >= 4 is 11.9 Å². The Bertz CT molecular complexity index is 298. The van der Waals surface area contributed by atoms with Crippen molar-refractivity contribution in [1.82, 2.24) is 0 Å². The molecule has 0 spiro atoms. The maximum absolute atomic E-state index is 10.1. The molecule has 0 fully saturated rings. The van der Waals surface area contributed by atoms with Crippen LogP contribution in [0.4, 0.5) is 0 Å². The minimum Gasteiger partial charge on any atom is -0.478 e. The molecule has 0 aromatic heterocycles. The molecule has 0 unspecified atom stereocenters. The second-order valence-corrected chi connectivity index (χ2v) is 3.86. The molecular formula is C12H20FeO4. The Morgan fingerprint density at radius 3 is 0.824 bits per heavy atom. The first kappa shape index (κ1) is 21.2. The fourth-order valence-electron chi connectivity index (χ4n) is 0.428. The van der Waals surface area contributed by atoms with Gasteiger partial charge in [-0.05, 0) is 41.5 Å². The minimum absolute atomic E-state index is 0. The predicted octanol–water partition coefficient (Wildman–Crippen LogP) is 2.85. The molecule has 0 atom stereocenters. The molecule has 0 saturated heterocycles. The van der Waals surface area contributed by atoms with E-state index in [2.05, 4.69) is 0 Å². The van der Waals surface area contributed by atoms with Crippen molar-refractivity contribution in [3.8, 4) is 0 Å². The van der Waals surface area contributed by atoms with Crippen LogP contribution in [0.5, 0.6) is 0 Å². The van der Waals surface area contributed by atoms with Gasteiger partial charge in [0, 0.05) is 28.2 Å². The number of aliphatic carboxylic acids is 2. The van der Waals surface area contributed by atoms with Crippen molar-refractivity contribution in [3.05, 3.63) is 22.3 Å². The van der Waals surface area contributed by atoms with Crippen LogP contribution in [0, 0.1) is 0 Å². The Hall–Kier alpha value is -1.06. The summed E-state index contributed by atoms with van der Waals surface area (Å²) in [5.41, 5.74) is 2.59. The van der Waals surface area contributed by atoms with Gasteiger partial charge in [0.15, 0.2) is 0 Å². The molecule has 0 rings (SSSR count). The van der Waals surface area contributed by atoms with E-state index >= 15 is 0 Å². The third-order valence-corrected chi connectivity index (χ3v) is 2.14. The zero-order chi connectivity index (χ0) is 13.5. The summed E-state index contributed by atoms with van der Waals surface area (Å²) in [5.74, 6) is -1.66. The van der Waals surface area contributed by atoms with E-state index in [1.54, 1.807) is 41.5 Å². The smallest absolute Gasteiger partial charge is 0.331 e. The van der Waals surface area contributed by atoms with Crippen molar-refractivity contribution in [3.63, 3.8) is 0 Å². The minimum atomic E-state index is -0.829. The summed E-state index contributed by atoms with van der Waals surface area (Å²) in [6.07, 6.45) is 0. The average Bonchev–Trinajstić information content (AvgIpc) is 2.15. The zero-order valence-corrected chi connectivity index (χ0v) is 12.2. The molecule has 5 heteroatoms. The second-order valence-electron chi connectivity index (χ2n) is 3.86. The Morgan fingerprint density at radius 2 is 0.824 bits per heavy atom. The van der Waals surface area contributed by atoms with Gasteiger partial charge in [0.2, 0.25) is 0 Å². The summed E-state index contributed by atoms with van der Waals surface area (Å²) in [6.45, 7) is 10.3. The van der Waals surface area contributed by atoms with Crippen LogP contribution in [0.25, 0.3) is 0 Å². The molecule has 0 aliphatic heterocycles. The van der Waals surface area contributed by atoms with E-state index in [0.29, 0.717) is 11.1 Å². The molecular weight excluding hydrogens is 264 g/mol. The number of hydrogen-bond donors (Lipinski definition) is 2. The van der Waals surface area contributed by atoms with E-state index in [1.165, 1.54) is 0 Å². The van der Waals surface area contributed by atoms with Crippen molar-refractivity contribution in [2.75, 3.05) is 0 Å². The molecule has 0 aliphatic carbocycles. The topological polar surface area (TPSA) is 74.6 Å². The second kappa shape index (κ2) is 10.1. The van der Waals surface area contributed by atoms with Crippen LogP contribution in [-0.4, -0.2) is 22.2 Å². The Morgan fingerprint density at radius 1 is 0.647 bits per heavy atom. The predicted molar refractivity (Wildman–Crippen MR) is 63.4 cm³/mol. The molecule has 0 heterocycles. The summed E-state index contributed by atoms with van der Waals surface area (Å²) in [6, 6.07) is 0. The van der Waals surface area contributed by atoms with Crippen LogP contribution in [-0.2, 0) is 26.7 Å². The molecule has 0 saturated carbocycles. The van der Waals surface area contributed by atoms with Gasteiger partial charge in [0.05, 0.1) is 0 Å². The Labute approximate surface area is 113 Å². The molecule has 0 radical (unpaired) electrons. The van der Waals surface area contributed by atoms with E-state index in [4.69, 9.17) is 10.2 Å². The maximum atomic E-state index is 10.1. The summed E-state index contributed by atoms with van der Waals surface area (Å²) < 4.78 is 0. The number of rotatable bonds is 2. The SMILES string of the molecule is CC(C)=C(C)C(=O)O.CC(C)=C(C)C(=O)O.[Fe]. The number of carbonyl (C=O) groups is 2. The van der Waals surface area contributed by atoms with Gasteiger partial charge in [0.1, 0.15) is 0 Å². The van der Waals surface area contributed by atoms with Crippen LogP contribution in [0.3, 0.4) is 0 Å². The van der Waals surface area contributed by atoms with Gasteiger partial charge in [-0.25, -0.2) is 9.59 Å². The summed E-state index contributed by atoms with van der Waals surface area (Å²) in [5, 5.41) is 16.6. The fourth-order valence-corrected chi connectivity index (χ4v) is 0.428. The van der Waals surface area contributed by atoms with Crippen LogP contribution < -0.4 is 0 Å². The van der Waals surface area contributed by atoms with Crippen LogP contribution in [0.2, 0.25) is 0 Å². The molecule has 100 valence electrons. The molecule has 4 nitrogen and oxygen atoms in total. The van der Waals surface area contributed by atoms with E-state index in [9.17, 15) is 9.59 Å². The monoisotopic (exact) mass is 284 g/mol. The third kappa shape index (κ3) is 11.2. The van der Waals surface area contributed by atoms with Crippen LogP contribution >= 0.6 is 0 Å². The summed E-state index contributed by atoms with van der Waals surface area (Å²) in [4.78, 5) is 20.2. The van der Waals surface area contributed by atoms with Gasteiger partial charge < -0.3 is 10.2 Å². The molecule has 0 aliphatic rings. The number of carboxylic acids is 2. The van der Waals surface area contributed by atoms with E-state index in [-0.39, 0.29) is 17.1 Å². The molecule has 2 N–H and O–H groups in total. The van der Waals surface area contributed by atoms with Crippen molar-refractivity contribution < 1.29 is 36.9 Å². The first-order chi connectivity index (χ1) is 7.11. The number of carboxylic acid groups (broad SMARTS) is 2. The standard InChI is InChI=1S/2C6H10O2.Fe/c2*1-4(2)5(3)6(7)8;/h2*1-3H3,(H,7,8);. The van der Waals surface area contributed by atoms with Crippen molar-refractivity contribution in [2.45, 2.75) is 41.5 Å². The molecule has 0 amide bonds. The summed E-state index contributed by atoms with van der Waals surface area (Å²) >= 11 is 0. The fraction of sp³-hybridized carbons (Fsp3) is 0.500. The third-order valence-electron chi connectivity index (χ3n) is 2.14. The molecule has 17 heavy (non-hydrogen) atoms. The van der Waals surface area contributed by atoms with Crippen LogP contribution in [0.15, 0.2) is 22.3 Å². The normalized spacial score (nSPS) is 7.88. The van der Waals surface area contributed by atoms with Gasteiger partial charge in [-0.1, -0.05) is 11.1 Å². The van der Waals surface area contributed by atoms with Crippen molar-refractivity contribution in [1.29, 1.82) is 0 Å². The van der Waals surface area contributed by atoms with Gasteiger partial charge in [0.25, 0.3) is 0 Å². The Kier molecular flexibility index (Phi) is 12.6. The largest absolute Gasteiger partial charge is 0.478 e. The van der Waals surface area contributed by atoms with Crippen LogP contribution in [0.1, 0.15) is 41.5 Å². The molecule has 0 aromatic rings. The van der Waals surface area contributed by atoms with Gasteiger partial charge in [-0.3, -0.25) is 0 Å². The number of hydrogen-bond acceptors (Lipinski definition) is 2. The Balaban J connectivity index is -0.000000218.